The van der Waals surface area contributed by atoms with Crippen molar-refractivity contribution >= 4 is 5.91 Å². The minimum absolute atomic E-state index is 0.156. The molecule has 0 unspecified atom stereocenters. The van der Waals surface area contributed by atoms with Gasteiger partial charge in [0.2, 0.25) is 0 Å². The highest BCUT2D eigenvalue weighted by Gasteiger charge is 2.39. The van der Waals surface area contributed by atoms with Gasteiger partial charge in [-0.2, -0.15) is 0 Å². The fraction of sp³-hybridized carbons (Fsp3) is 0.381. The molecule has 0 spiro atoms. The van der Waals surface area contributed by atoms with Crippen LogP contribution < -0.4 is 5.73 Å². The summed E-state index contributed by atoms with van der Waals surface area (Å²) in [6, 6.07) is 13.5. The molecule has 1 saturated heterocycles. The number of hydrogen-bond donors (Lipinski definition) is 2. The van der Waals surface area contributed by atoms with Crippen molar-refractivity contribution in [2.75, 3.05) is 13.2 Å². The highest BCUT2D eigenvalue weighted by atomic mass is 19.1. The highest BCUT2D eigenvalue weighted by Crippen LogP contribution is 2.36. The minimum Gasteiger partial charge on any atom is -0.391 e. The van der Waals surface area contributed by atoms with Crippen LogP contribution >= 0.6 is 0 Å². The molecule has 0 aliphatic carbocycles. The average Bonchev–Trinajstić information content (AvgIpc) is 2.69. The normalized spacial score (nSPS) is 27.9. The van der Waals surface area contributed by atoms with Crippen molar-refractivity contribution in [1.29, 1.82) is 0 Å². The molecule has 27 heavy (non-hydrogen) atoms. The average molecular weight is 370 g/mol. The van der Waals surface area contributed by atoms with Crippen LogP contribution in [0.5, 0.6) is 0 Å². The van der Waals surface area contributed by atoms with E-state index in [9.17, 15) is 14.3 Å². The summed E-state index contributed by atoms with van der Waals surface area (Å²) >= 11 is 0. The first-order valence-electron chi connectivity index (χ1n) is 9.23. The second kappa shape index (κ2) is 7.38. The number of rotatable bonds is 2. The minimum atomic E-state index is -0.756. The molecular weight excluding hydrogens is 347 g/mol. The number of nitrogens with zero attached hydrogens (tertiary/aromatic N) is 1. The van der Waals surface area contributed by atoms with Crippen LogP contribution in [0.3, 0.4) is 0 Å². The Hall–Kier alpha value is -2.28. The zero-order valence-electron chi connectivity index (χ0n) is 14.9. The molecule has 2 aliphatic heterocycles. The van der Waals surface area contributed by atoms with Crippen molar-refractivity contribution < 1.29 is 19.0 Å². The quantitative estimate of drug-likeness (QED) is 0.845. The van der Waals surface area contributed by atoms with Crippen molar-refractivity contribution in [3.05, 3.63) is 71.0 Å². The lowest BCUT2D eigenvalue weighted by Gasteiger charge is -2.41. The van der Waals surface area contributed by atoms with Crippen LogP contribution in [0.2, 0.25) is 0 Å². The summed E-state index contributed by atoms with van der Waals surface area (Å²) in [6.07, 6.45) is -0.537. The first-order valence-corrected chi connectivity index (χ1v) is 9.23. The van der Waals surface area contributed by atoms with Crippen LogP contribution in [-0.2, 0) is 16.0 Å². The molecule has 0 radical (unpaired) electrons. The van der Waals surface area contributed by atoms with Crippen molar-refractivity contribution in [2.24, 2.45) is 5.73 Å². The monoisotopic (exact) mass is 370 g/mol. The SMILES string of the molecule is N[C@@H]1CO[C@@H](C(=O)N2CCc3ccccc3[C@@H]2c2ccc(F)cc2)C[C@H]1O. The van der Waals surface area contributed by atoms with Crippen molar-refractivity contribution in [1.82, 2.24) is 4.90 Å². The maximum atomic E-state index is 13.4. The van der Waals surface area contributed by atoms with Gasteiger partial charge in [0, 0.05) is 13.0 Å². The molecule has 6 heteroatoms. The topological polar surface area (TPSA) is 75.8 Å². The van der Waals surface area contributed by atoms with Gasteiger partial charge in [-0.25, -0.2) is 4.39 Å². The van der Waals surface area contributed by atoms with Gasteiger partial charge in [0.05, 0.1) is 24.8 Å². The third kappa shape index (κ3) is 3.48. The Morgan fingerprint density at radius 3 is 2.67 bits per heavy atom. The molecule has 2 heterocycles. The Kier molecular flexibility index (Phi) is 4.95. The highest BCUT2D eigenvalue weighted by molar-refractivity contribution is 5.82. The summed E-state index contributed by atoms with van der Waals surface area (Å²) < 4.78 is 19.1. The third-order valence-electron chi connectivity index (χ3n) is 5.47. The molecule has 142 valence electrons. The summed E-state index contributed by atoms with van der Waals surface area (Å²) in [5.41, 5.74) is 8.85. The van der Waals surface area contributed by atoms with Crippen LogP contribution in [0.1, 0.15) is 29.2 Å². The lowest BCUT2D eigenvalue weighted by atomic mass is 9.87. The van der Waals surface area contributed by atoms with E-state index in [-0.39, 0.29) is 30.8 Å². The lowest BCUT2D eigenvalue weighted by Crippen LogP contribution is -2.53. The Morgan fingerprint density at radius 2 is 1.93 bits per heavy atom. The molecule has 2 aliphatic rings. The van der Waals surface area contributed by atoms with Crippen molar-refractivity contribution in [3.8, 4) is 0 Å². The zero-order valence-corrected chi connectivity index (χ0v) is 14.9. The van der Waals surface area contributed by atoms with Crippen LogP contribution in [-0.4, -0.2) is 47.3 Å². The summed E-state index contributed by atoms with van der Waals surface area (Å²) in [5, 5.41) is 10.0. The van der Waals surface area contributed by atoms with E-state index in [0.29, 0.717) is 6.54 Å². The third-order valence-corrected chi connectivity index (χ3v) is 5.47. The maximum absolute atomic E-state index is 13.4. The molecule has 1 fully saturated rings. The number of benzene rings is 2. The molecule has 0 aromatic heterocycles. The molecule has 2 aromatic carbocycles. The number of aliphatic hydroxyl groups excluding tert-OH is 1. The van der Waals surface area contributed by atoms with E-state index in [1.807, 2.05) is 18.2 Å². The van der Waals surface area contributed by atoms with E-state index < -0.39 is 18.2 Å². The first kappa shape index (κ1) is 18.1. The maximum Gasteiger partial charge on any atom is 0.252 e. The van der Waals surface area contributed by atoms with Gasteiger partial charge in [-0.15, -0.1) is 0 Å². The van der Waals surface area contributed by atoms with Gasteiger partial charge in [0.15, 0.2) is 0 Å². The molecule has 3 N–H and O–H groups in total. The van der Waals surface area contributed by atoms with Gasteiger partial charge in [-0.3, -0.25) is 4.79 Å². The molecule has 5 nitrogen and oxygen atoms in total. The van der Waals surface area contributed by atoms with E-state index in [0.717, 1.165) is 17.5 Å². The van der Waals surface area contributed by atoms with Gasteiger partial charge in [-0.1, -0.05) is 36.4 Å². The molecule has 4 atom stereocenters. The summed E-state index contributed by atoms with van der Waals surface area (Å²) in [7, 11) is 0. The second-order valence-electron chi connectivity index (χ2n) is 7.22. The molecule has 0 bridgehead atoms. The fourth-order valence-corrected chi connectivity index (χ4v) is 3.97. The molecule has 0 saturated carbocycles. The fourth-order valence-electron chi connectivity index (χ4n) is 3.97. The Balaban J connectivity index is 1.68. The largest absolute Gasteiger partial charge is 0.391 e. The van der Waals surface area contributed by atoms with Gasteiger partial charge < -0.3 is 20.5 Å². The summed E-state index contributed by atoms with van der Waals surface area (Å²) in [4.78, 5) is 15.0. The Morgan fingerprint density at radius 1 is 1.19 bits per heavy atom. The molecule has 4 rings (SSSR count). The van der Waals surface area contributed by atoms with Gasteiger partial charge >= 0.3 is 0 Å². The molecule has 2 aromatic rings. The van der Waals surface area contributed by atoms with E-state index in [1.54, 1.807) is 17.0 Å². The van der Waals surface area contributed by atoms with Crippen LogP contribution in [0.25, 0.3) is 0 Å². The predicted octanol–water partition coefficient (Wildman–Crippen LogP) is 1.78. The predicted molar refractivity (Wildman–Crippen MR) is 98.4 cm³/mol. The number of carbonyl (C=O) groups is 1. The zero-order chi connectivity index (χ0) is 19.0. The number of carbonyl (C=O) groups excluding carboxylic acids is 1. The number of fused-ring (bicyclic) bond motifs is 1. The standard InChI is InChI=1S/C21H23FN2O3/c22-15-7-5-14(6-8-15)20-16-4-2-1-3-13(16)9-10-24(20)21(26)19-11-18(25)17(23)12-27-19/h1-8,17-20,25H,9-12,23H2/t17-,18-,19-,20+/m1/s1. The number of hydrogen-bond acceptors (Lipinski definition) is 4. The van der Waals surface area contributed by atoms with Crippen LogP contribution in [0.4, 0.5) is 4.39 Å². The van der Waals surface area contributed by atoms with Gasteiger partial charge in [-0.05, 0) is 35.2 Å². The van der Waals surface area contributed by atoms with Crippen LogP contribution in [0.15, 0.2) is 48.5 Å². The summed E-state index contributed by atoms with van der Waals surface area (Å²) in [5.74, 6) is -0.474. The van der Waals surface area contributed by atoms with Crippen molar-refractivity contribution in [3.63, 3.8) is 0 Å². The number of nitrogens with two attached hydrogens (primary N) is 1. The van der Waals surface area contributed by atoms with Gasteiger partial charge in [0.25, 0.3) is 5.91 Å². The van der Waals surface area contributed by atoms with E-state index in [1.165, 1.54) is 17.7 Å². The van der Waals surface area contributed by atoms with Gasteiger partial charge in [0.1, 0.15) is 11.9 Å². The second-order valence-corrected chi connectivity index (χ2v) is 7.22. The summed E-state index contributed by atoms with van der Waals surface area (Å²) in [6.45, 7) is 0.698. The number of amides is 1. The Labute approximate surface area is 157 Å². The smallest absolute Gasteiger partial charge is 0.252 e. The number of aliphatic hydroxyl groups is 1. The van der Waals surface area contributed by atoms with Crippen molar-refractivity contribution in [2.45, 2.75) is 37.1 Å². The molecular formula is C21H23FN2O3. The number of ether oxygens (including phenoxy) is 1. The first-order chi connectivity index (χ1) is 13.0. The van der Waals surface area contributed by atoms with E-state index in [2.05, 4.69) is 6.07 Å². The Bertz CT molecular complexity index is 826. The number of halogens is 1. The van der Waals surface area contributed by atoms with E-state index >= 15 is 0 Å². The van der Waals surface area contributed by atoms with E-state index in [4.69, 9.17) is 10.5 Å². The van der Waals surface area contributed by atoms with Crippen LogP contribution in [0, 0.1) is 5.82 Å². The molecule has 1 amide bonds. The lowest BCUT2D eigenvalue weighted by molar-refractivity contribution is -0.154.